The Bertz CT molecular complexity index is 848. The Balaban J connectivity index is 1.70. The number of halogens is 1. The number of anilines is 1. The molecule has 0 amide bonds. The van der Waals surface area contributed by atoms with Gasteiger partial charge in [-0.05, 0) is 64.1 Å². The Hall–Kier alpha value is -1.89. The number of hydrogen-bond donors (Lipinski definition) is 2. The van der Waals surface area contributed by atoms with E-state index in [-0.39, 0.29) is 19.2 Å². The molecule has 1 aliphatic carbocycles. The Labute approximate surface area is 187 Å². The molecule has 1 aliphatic rings. The van der Waals surface area contributed by atoms with Gasteiger partial charge in [0.15, 0.2) is 0 Å². The van der Waals surface area contributed by atoms with Crippen molar-refractivity contribution in [1.82, 2.24) is 4.90 Å². The summed E-state index contributed by atoms with van der Waals surface area (Å²) in [7, 11) is 0. The third-order valence-corrected chi connectivity index (χ3v) is 6.55. The SMILES string of the molecule is CCN(Cc1cc(C(=O)OCc2ccc(CO)cc2)cc(Br)c1N)C1CCCCC1. The van der Waals surface area contributed by atoms with E-state index in [9.17, 15) is 4.79 Å². The van der Waals surface area contributed by atoms with Gasteiger partial charge in [-0.25, -0.2) is 4.79 Å². The largest absolute Gasteiger partial charge is 0.457 e. The number of hydrogen-bond acceptors (Lipinski definition) is 5. The molecule has 0 bridgehead atoms. The maximum Gasteiger partial charge on any atom is 0.338 e. The minimum absolute atomic E-state index is 0.00204. The fourth-order valence-electron chi connectivity index (χ4n) is 4.06. The summed E-state index contributed by atoms with van der Waals surface area (Å²) in [5, 5.41) is 9.13. The summed E-state index contributed by atoms with van der Waals surface area (Å²) < 4.78 is 6.23. The van der Waals surface area contributed by atoms with Crippen molar-refractivity contribution in [3.8, 4) is 0 Å². The molecule has 0 atom stereocenters. The molecule has 3 N–H and O–H groups in total. The zero-order valence-corrected chi connectivity index (χ0v) is 19.2. The number of nitrogens with zero attached hydrogens (tertiary/aromatic N) is 1. The van der Waals surface area contributed by atoms with Crippen molar-refractivity contribution < 1.29 is 14.6 Å². The van der Waals surface area contributed by atoms with Crippen LogP contribution < -0.4 is 5.73 Å². The van der Waals surface area contributed by atoms with Crippen LogP contribution in [0.2, 0.25) is 0 Å². The highest BCUT2D eigenvalue weighted by Gasteiger charge is 2.22. The van der Waals surface area contributed by atoms with Crippen LogP contribution in [-0.2, 0) is 24.5 Å². The number of carbonyl (C=O) groups excluding carboxylic acids is 1. The van der Waals surface area contributed by atoms with E-state index in [2.05, 4.69) is 27.8 Å². The highest BCUT2D eigenvalue weighted by atomic mass is 79.9. The van der Waals surface area contributed by atoms with Gasteiger partial charge in [0.1, 0.15) is 6.61 Å². The lowest BCUT2D eigenvalue weighted by atomic mass is 9.93. The fraction of sp³-hybridized carbons (Fsp3) is 0.458. The third kappa shape index (κ3) is 5.84. The van der Waals surface area contributed by atoms with E-state index in [0.717, 1.165) is 34.3 Å². The van der Waals surface area contributed by atoms with E-state index >= 15 is 0 Å². The number of rotatable bonds is 8. The summed E-state index contributed by atoms with van der Waals surface area (Å²) in [6.07, 6.45) is 6.35. The second kappa shape index (κ2) is 10.9. The molecule has 0 radical (unpaired) electrons. The first-order chi connectivity index (χ1) is 14.5. The van der Waals surface area contributed by atoms with Gasteiger partial charge in [0.2, 0.25) is 0 Å². The van der Waals surface area contributed by atoms with Crippen LogP contribution in [0.15, 0.2) is 40.9 Å². The van der Waals surface area contributed by atoms with Crippen LogP contribution in [0, 0.1) is 0 Å². The van der Waals surface area contributed by atoms with Gasteiger partial charge >= 0.3 is 5.97 Å². The molecular formula is C24H31BrN2O3. The normalized spacial score (nSPS) is 14.8. The van der Waals surface area contributed by atoms with E-state index in [1.54, 1.807) is 6.07 Å². The van der Waals surface area contributed by atoms with Crippen LogP contribution >= 0.6 is 15.9 Å². The van der Waals surface area contributed by atoms with Gasteiger partial charge in [-0.2, -0.15) is 0 Å². The molecule has 2 aromatic rings. The summed E-state index contributed by atoms with van der Waals surface area (Å²) in [5.41, 5.74) is 10.2. The van der Waals surface area contributed by atoms with E-state index in [1.165, 1.54) is 32.1 Å². The summed E-state index contributed by atoms with van der Waals surface area (Å²) in [6.45, 7) is 4.05. The van der Waals surface area contributed by atoms with E-state index in [0.29, 0.717) is 17.3 Å². The molecule has 162 valence electrons. The zero-order chi connectivity index (χ0) is 21.5. The minimum atomic E-state index is -0.371. The standard InChI is InChI=1S/C24H31BrN2O3/c1-2-27(21-6-4-3-5-7-21)14-20-12-19(13-22(25)23(20)26)24(29)30-16-18-10-8-17(15-28)9-11-18/h8-13,21,28H,2-7,14-16,26H2,1H3. The predicted octanol–water partition coefficient (Wildman–Crippen LogP) is 5.04. The number of ether oxygens (including phenoxy) is 1. The van der Waals surface area contributed by atoms with Crippen molar-refractivity contribution in [2.45, 2.75) is 64.8 Å². The first-order valence-corrected chi connectivity index (χ1v) is 11.5. The van der Waals surface area contributed by atoms with Crippen molar-refractivity contribution in [3.63, 3.8) is 0 Å². The number of aliphatic hydroxyl groups is 1. The first kappa shape index (κ1) is 22.8. The number of nitrogen functional groups attached to an aromatic ring is 1. The van der Waals surface area contributed by atoms with Gasteiger partial charge < -0.3 is 15.6 Å². The third-order valence-electron chi connectivity index (χ3n) is 5.90. The Morgan fingerprint density at radius 3 is 2.47 bits per heavy atom. The van der Waals surface area contributed by atoms with Gasteiger partial charge in [0.25, 0.3) is 0 Å². The molecular weight excluding hydrogens is 444 g/mol. The summed E-state index contributed by atoms with van der Waals surface area (Å²) in [4.78, 5) is 15.1. The average molecular weight is 475 g/mol. The maximum atomic E-state index is 12.7. The number of esters is 1. The number of aliphatic hydroxyl groups excluding tert-OH is 1. The Morgan fingerprint density at radius 1 is 1.17 bits per heavy atom. The monoisotopic (exact) mass is 474 g/mol. The quantitative estimate of drug-likeness (QED) is 0.414. The second-order valence-electron chi connectivity index (χ2n) is 7.94. The smallest absolute Gasteiger partial charge is 0.338 e. The zero-order valence-electron chi connectivity index (χ0n) is 17.6. The fourth-order valence-corrected chi connectivity index (χ4v) is 4.56. The number of carbonyl (C=O) groups is 1. The Kier molecular flexibility index (Phi) is 8.31. The Morgan fingerprint density at radius 2 is 1.83 bits per heavy atom. The molecule has 1 fully saturated rings. The van der Waals surface area contributed by atoms with Crippen LogP contribution in [0.5, 0.6) is 0 Å². The average Bonchev–Trinajstić information content (AvgIpc) is 2.79. The van der Waals surface area contributed by atoms with Crippen LogP contribution in [0.3, 0.4) is 0 Å². The van der Waals surface area contributed by atoms with Crippen LogP contribution in [-0.4, -0.2) is 28.6 Å². The number of nitrogens with two attached hydrogens (primary N) is 1. The molecule has 2 aromatic carbocycles. The molecule has 1 saturated carbocycles. The predicted molar refractivity (Wildman–Crippen MR) is 123 cm³/mol. The van der Waals surface area contributed by atoms with Crippen LogP contribution in [0.25, 0.3) is 0 Å². The topological polar surface area (TPSA) is 75.8 Å². The lowest BCUT2D eigenvalue weighted by Crippen LogP contribution is -2.36. The van der Waals surface area contributed by atoms with Crippen molar-refractivity contribution in [3.05, 3.63) is 63.1 Å². The van der Waals surface area contributed by atoms with Gasteiger partial charge in [0, 0.05) is 17.1 Å². The summed E-state index contributed by atoms with van der Waals surface area (Å²) in [5.74, 6) is -0.371. The molecule has 0 unspecified atom stereocenters. The highest BCUT2D eigenvalue weighted by Crippen LogP contribution is 2.30. The minimum Gasteiger partial charge on any atom is -0.457 e. The lowest BCUT2D eigenvalue weighted by molar-refractivity contribution is 0.0472. The number of benzene rings is 2. The molecule has 0 saturated heterocycles. The van der Waals surface area contributed by atoms with E-state index in [1.807, 2.05) is 30.3 Å². The van der Waals surface area contributed by atoms with Gasteiger partial charge in [-0.1, -0.05) is 50.5 Å². The molecule has 3 rings (SSSR count). The van der Waals surface area contributed by atoms with Crippen molar-refractivity contribution in [1.29, 1.82) is 0 Å². The first-order valence-electron chi connectivity index (χ1n) is 10.7. The van der Waals surface area contributed by atoms with Crippen molar-refractivity contribution in [2.24, 2.45) is 0 Å². The van der Waals surface area contributed by atoms with Crippen LogP contribution in [0.1, 0.15) is 66.1 Å². The van der Waals surface area contributed by atoms with E-state index in [4.69, 9.17) is 15.6 Å². The van der Waals surface area contributed by atoms with Crippen molar-refractivity contribution >= 4 is 27.6 Å². The molecule has 0 heterocycles. The molecule has 0 aliphatic heterocycles. The molecule has 0 aromatic heterocycles. The molecule has 5 nitrogen and oxygen atoms in total. The summed E-state index contributed by atoms with van der Waals surface area (Å²) in [6, 6.07) is 11.5. The van der Waals surface area contributed by atoms with Gasteiger partial charge in [-0.15, -0.1) is 0 Å². The maximum absolute atomic E-state index is 12.7. The highest BCUT2D eigenvalue weighted by molar-refractivity contribution is 9.10. The van der Waals surface area contributed by atoms with Crippen LogP contribution in [0.4, 0.5) is 5.69 Å². The molecule has 30 heavy (non-hydrogen) atoms. The van der Waals surface area contributed by atoms with E-state index < -0.39 is 0 Å². The second-order valence-corrected chi connectivity index (χ2v) is 8.79. The summed E-state index contributed by atoms with van der Waals surface area (Å²) >= 11 is 3.51. The molecule has 6 heteroatoms. The van der Waals surface area contributed by atoms with Crippen molar-refractivity contribution in [2.75, 3.05) is 12.3 Å². The van der Waals surface area contributed by atoms with Gasteiger partial charge in [0.05, 0.1) is 17.9 Å². The lowest BCUT2D eigenvalue weighted by Gasteiger charge is -2.34. The van der Waals surface area contributed by atoms with Gasteiger partial charge in [-0.3, -0.25) is 4.90 Å². The molecule has 0 spiro atoms.